The summed E-state index contributed by atoms with van der Waals surface area (Å²) in [6.07, 6.45) is 3.52. The van der Waals surface area contributed by atoms with Gasteiger partial charge in [0, 0.05) is 17.1 Å². The molecule has 2 heterocycles. The van der Waals surface area contributed by atoms with E-state index in [0.717, 1.165) is 24.8 Å². The van der Waals surface area contributed by atoms with Crippen LogP contribution in [0.1, 0.15) is 23.2 Å². The first-order chi connectivity index (χ1) is 8.77. The number of nitrogens with one attached hydrogen (secondary N) is 1. The molecule has 1 unspecified atom stereocenters. The molecule has 4 nitrogen and oxygen atoms in total. The van der Waals surface area contributed by atoms with Gasteiger partial charge in [-0.15, -0.1) is 0 Å². The number of rotatable bonds is 2. The van der Waals surface area contributed by atoms with E-state index in [1.165, 1.54) is 6.07 Å². The van der Waals surface area contributed by atoms with Gasteiger partial charge in [0.1, 0.15) is 11.3 Å². The van der Waals surface area contributed by atoms with E-state index in [2.05, 4.69) is 10.3 Å². The maximum absolute atomic E-state index is 12.4. The van der Waals surface area contributed by atoms with Crippen LogP contribution in [0, 0.1) is 0 Å². The average molecular weight is 242 g/mol. The minimum Gasteiger partial charge on any atom is -0.506 e. The summed E-state index contributed by atoms with van der Waals surface area (Å²) < 4.78 is 0. The molecular weight excluding hydrogens is 228 g/mol. The van der Waals surface area contributed by atoms with Crippen molar-refractivity contribution in [2.75, 3.05) is 6.54 Å². The number of phenols is 1. The first-order valence-electron chi connectivity index (χ1n) is 6.11. The third kappa shape index (κ3) is 1.75. The van der Waals surface area contributed by atoms with Gasteiger partial charge < -0.3 is 10.4 Å². The summed E-state index contributed by atoms with van der Waals surface area (Å²) in [5.41, 5.74) is 1.12. The van der Waals surface area contributed by atoms with Crippen LogP contribution in [0.25, 0.3) is 10.9 Å². The zero-order valence-electron chi connectivity index (χ0n) is 9.89. The number of hydrogen-bond acceptors (Lipinski definition) is 4. The second-order valence-corrected chi connectivity index (χ2v) is 4.55. The molecule has 4 heteroatoms. The van der Waals surface area contributed by atoms with Crippen molar-refractivity contribution in [3.63, 3.8) is 0 Å². The minimum absolute atomic E-state index is 0.0884. The summed E-state index contributed by atoms with van der Waals surface area (Å²) in [5, 5.41) is 13.7. The van der Waals surface area contributed by atoms with Crippen LogP contribution >= 0.6 is 0 Å². The molecule has 1 saturated heterocycles. The van der Waals surface area contributed by atoms with Crippen molar-refractivity contribution in [1.82, 2.24) is 10.3 Å². The smallest absolute Gasteiger partial charge is 0.180 e. The van der Waals surface area contributed by atoms with Gasteiger partial charge in [-0.1, -0.05) is 6.07 Å². The number of hydrogen-bond donors (Lipinski definition) is 2. The zero-order valence-corrected chi connectivity index (χ0v) is 9.89. The molecule has 92 valence electrons. The van der Waals surface area contributed by atoms with Crippen molar-refractivity contribution >= 4 is 16.7 Å². The van der Waals surface area contributed by atoms with Crippen molar-refractivity contribution in [2.45, 2.75) is 18.9 Å². The summed E-state index contributed by atoms with van der Waals surface area (Å²) in [5.74, 6) is 0.201. The number of carbonyl (C=O) groups is 1. The van der Waals surface area contributed by atoms with E-state index in [9.17, 15) is 9.90 Å². The van der Waals surface area contributed by atoms with E-state index in [4.69, 9.17) is 0 Å². The van der Waals surface area contributed by atoms with Gasteiger partial charge in [-0.2, -0.15) is 0 Å². The number of Topliss-reactive ketones (excluding diaryl/α,β-unsaturated/α-hetero) is 1. The molecule has 0 amide bonds. The maximum atomic E-state index is 12.4. The van der Waals surface area contributed by atoms with Crippen molar-refractivity contribution in [1.29, 1.82) is 0 Å². The number of carbonyl (C=O) groups excluding carboxylic acids is 1. The van der Waals surface area contributed by atoms with E-state index in [0.29, 0.717) is 11.1 Å². The topological polar surface area (TPSA) is 62.2 Å². The Morgan fingerprint density at radius 2 is 2.28 bits per heavy atom. The third-order valence-electron chi connectivity index (χ3n) is 3.39. The van der Waals surface area contributed by atoms with Gasteiger partial charge in [0.05, 0.1) is 6.04 Å². The summed E-state index contributed by atoms with van der Waals surface area (Å²) in [4.78, 5) is 16.5. The van der Waals surface area contributed by atoms with E-state index in [1.54, 1.807) is 18.3 Å². The molecule has 1 aliphatic rings. The monoisotopic (exact) mass is 242 g/mol. The van der Waals surface area contributed by atoms with Crippen molar-refractivity contribution < 1.29 is 9.90 Å². The van der Waals surface area contributed by atoms with Gasteiger partial charge in [0.2, 0.25) is 0 Å². The molecule has 2 aromatic rings. The highest BCUT2D eigenvalue weighted by Gasteiger charge is 2.24. The van der Waals surface area contributed by atoms with Crippen LogP contribution in [0.5, 0.6) is 5.75 Å². The molecule has 1 aromatic carbocycles. The van der Waals surface area contributed by atoms with Gasteiger partial charge >= 0.3 is 0 Å². The van der Waals surface area contributed by atoms with Gasteiger partial charge in [0.25, 0.3) is 0 Å². The minimum atomic E-state index is -0.0991. The SMILES string of the molecule is O=C(c1ccc(O)c2ncccc12)C1CCCN1. The lowest BCUT2D eigenvalue weighted by molar-refractivity contribution is 0.0954. The molecular formula is C14H14N2O2. The van der Waals surface area contributed by atoms with Crippen LogP contribution in [0.3, 0.4) is 0 Å². The van der Waals surface area contributed by atoms with E-state index in [1.807, 2.05) is 6.07 Å². The fourth-order valence-electron chi connectivity index (χ4n) is 2.47. The second kappa shape index (κ2) is 4.38. The van der Waals surface area contributed by atoms with Gasteiger partial charge in [-0.05, 0) is 37.6 Å². The number of benzene rings is 1. The Labute approximate surface area is 105 Å². The largest absolute Gasteiger partial charge is 0.506 e. The first-order valence-corrected chi connectivity index (χ1v) is 6.11. The summed E-state index contributed by atoms with van der Waals surface area (Å²) in [6.45, 7) is 0.894. The Balaban J connectivity index is 2.11. The third-order valence-corrected chi connectivity index (χ3v) is 3.39. The van der Waals surface area contributed by atoms with Crippen molar-refractivity contribution in [2.24, 2.45) is 0 Å². The molecule has 0 saturated carbocycles. The molecule has 0 aliphatic carbocycles. The normalized spacial score (nSPS) is 19.2. The van der Waals surface area contributed by atoms with Crippen molar-refractivity contribution in [3.05, 3.63) is 36.0 Å². The quantitative estimate of drug-likeness (QED) is 0.789. The van der Waals surface area contributed by atoms with E-state index >= 15 is 0 Å². The maximum Gasteiger partial charge on any atom is 0.180 e. The highest BCUT2D eigenvalue weighted by molar-refractivity contribution is 6.10. The Bertz CT molecular complexity index is 604. The molecule has 3 rings (SSSR count). The molecule has 0 spiro atoms. The average Bonchev–Trinajstić information content (AvgIpc) is 2.93. The van der Waals surface area contributed by atoms with Gasteiger partial charge in [0.15, 0.2) is 5.78 Å². The predicted octanol–water partition coefficient (Wildman–Crippen LogP) is 1.88. The lowest BCUT2D eigenvalue weighted by atomic mass is 9.98. The second-order valence-electron chi connectivity index (χ2n) is 4.55. The summed E-state index contributed by atoms with van der Waals surface area (Å²) in [7, 11) is 0. The summed E-state index contributed by atoms with van der Waals surface area (Å²) >= 11 is 0. The van der Waals surface area contributed by atoms with Crippen LogP contribution in [0.2, 0.25) is 0 Å². The number of phenolic OH excluding ortho intramolecular Hbond substituents is 1. The number of aromatic nitrogens is 1. The molecule has 0 bridgehead atoms. The highest BCUT2D eigenvalue weighted by Crippen LogP contribution is 2.27. The number of fused-ring (bicyclic) bond motifs is 1. The van der Waals surface area contributed by atoms with E-state index in [-0.39, 0.29) is 17.6 Å². The molecule has 1 atom stereocenters. The van der Waals surface area contributed by atoms with E-state index < -0.39 is 0 Å². The predicted molar refractivity (Wildman–Crippen MR) is 68.8 cm³/mol. The van der Waals surface area contributed by atoms with Gasteiger partial charge in [-0.3, -0.25) is 9.78 Å². The van der Waals surface area contributed by atoms with Crippen LogP contribution in [-0.2, 0) is 0 Å². The van der Waals surface area contributed by atoms with Gasteiger partial charge in [-0.25, -0.2) is 0 Å². The number of nitrogens with zero attached hydrogens (tertiary/aromatic N) is 1. The molecule has 1 aliphatic heterocycles. The van der Waals surface area contributed by atoms with Crippen LogP contribution < -0.4 is 5.32 Å². The lowest BCUT2D eigenvalue weighted by Gasteiger charge is -2.11. The fraction of sp³-hybridized carbons (Fsp3) is 0.286. The van der Waals surface area contributed by atoms with Crippen LogP contribution in [0.4, 0.5) is 0 Å². The molecule has 1 fully saturated rings. The fourth-order valence-corrected chi connectivity index (χ4v) is 2.47. The number of aromatic hydroxyl groups is 1. The molecule has 2 N–H and O–H groups in total. The Hall–Kier alpha value is -1.94. The molecule has 18 heavy (non-hydrogen) atoms. The Kier molecular flexibility index (Phi) is 2.72. The number of ketones is 1. The molecule has 1 aromatic heterocycles. The lowest BCUT2D eigenvalue weighted by Crippen LogP contribution is -2.30. The highest BCUT2D eigenvalue weighted by atomic mass is 16.3. The van der Waals surface area contributed by atoms with Crippen molar-refractivity contribution in [3.8, 4) is 5.75 Å². The standard InChI is InChI=1S/C14H14N2O2/c17-12-6-5-10(9-3-1-8-16-13(9)12)14(18)11-4-2-7-15-11/h1,3,5-6,8,11,15,17H,2,4,7H2. The zero-order chi connectivity index (χ0) is 12.5. The Morgan fingerprint density at radius 1 is 1.39 bits per heavy atom. The molecule has 0 radical (unpaired) electrons. The van der Waals surface area contributed by atoms with Crippen LogP contribution in [-0.4, -0.2) is 28.5 Å². The van der Waals surface area contributed by atoms with Crippen LogP contribution in [0.15, 0.2) is 30.5 Å². The number of pyridine rings is 1. The summed E-state index contributed by atoms with van der Waals surface area (Å²) in [6, 6.07) is 6.72. The Morgan fingerprint density at radius 3 is 3.06 bits per heavy atom. The first kappa shape index (κ1) is 11.2.